The van der Waals surface area contributed by atoms with Gasteiger partial charge in [-0.2, -0.15) is 9.57 Å². The van der Waals surface area contributed by atoms with Gasteiger partial charge in [-0.1, -0.05) is 13.0 Å². The maximum absolute atomic E-state index is 12.5. The first-order valence-electron chi connectivity index (χ1n) is 6.20. The van der Waals surface area contributed by atoms with E-state index in [4.69, 9.17) is 10.00 Å². The number of benzene rings is 1. The van der Waals surface area contributed by atoms with Crippen LogP contribution in [0.25, 0.3) is 0 Å². The van der Waals surface area contributed by atoms with Crippen molar-refractivity contribution in [1.82, 2.24) is 4.31 Å². The van der Waals surface area contributed by atoms with Gasteiger partial charge >= 0.3 is 0 Å². The molecule has 1 unspecified atom stereocenters. The first-order valence-corrected chi connectivity index (χ1v) is 7.64. The predicted molar refractivity (Wildman–Crippen MR) is 69.9 cm³/mol. The highest BCUT2D eigenvalue weighted by Crippen LogP contribution is 2.20. The van der Waals surface area contributed by atoms with Crippen molar-refractivity contribution in [2.24, 2.45) is 0 Å². The second-order valence-electron chi connectivity index (χ2n) is 4.40. The van der Waals surface area contributed by atoms with E-state index in [1.807, 2.05) is 13.0 Å². The third-order valence-corrected chi connectivity index (χ3v) is 5.02. The third-order valence-electron chi connectivity index (χ3n) is 3.16. The van der Waals surface area contributed by atoms with Crippen LogP contribution in [0.2, 0.25) is 0 Å². The molecule has 1 heterocycles. The van der Waals surface area contributed by atoms with E-state index in [0.717, 1.165) is 6.42 Å². The zero-order valence-electron chi connectivity index (χ0n) is 10.7. The summed E-state index contributed by atoms with van der Waals surface area (Å²) in [5.41, 5.74) is 0.348. The third kappa shape index (κ3) is 2.95. The minimum atomic E-state index is -3.54. The zero-order valence-corrected chi connectivity index (χ0v) is 11.6. The lowest BCUT2D eigenvalue weighted by Crippen LogP contribution is -2.45. The topological polar surface area (TPSA) is 70.4 Å². The fraction of sp³-hybridized carbons (Fsp3) is 0.462. The summed E-state index contributed by atoms with van der Waals surface area (Å²) in [6.07, 6.45) is 0.729. The van der Waals surface area contributed by atoms with E-state index < -0.39 is 10.0 Å². The normalized spacial score (nSPS) is 20.9. The summed E-state index contributed by atoms with van der Waals surface area (Å²) >= 11 is 0. The maximum Gasteiger partial charge on any atom is 0.243 e. The summed E-state index contributed by atoms with van der Waals surface area (Å²) in [4.78, 5) is 0.170. The van der Waals surface area contributed by atoms with Crippen molar-refractivity contribution in [2.45, 2.75) is 24.3 Å². The monoisotopic (exact) mass is 280 g/mol. The van der Waals surface area contributed by atoms with Crippen molar-refractivity contribution < 1.29 is 13.2 Å². The Kier molecular flexibility index (Phi) is 4.20. The molecule has 0 spiro atoms. The highest BCUT2D eigenvalue weighted by molar-refractivity contribution is 7.89. The van der Waals surface area contributed by atoms with Crippen molar-refractivity contribution >= 4 is 10.0 Å². The van der Waals surface area contributed by atoms with Gasteiger partial charge < -0.3 is 4.74 Å². The Bertz CT molecular complexity index is 592. The lowest BCUT2D eigenvalue weighted by atomic mass is 10.2. The van der Waals surface area contributed by atoms with E-state index in [1.54, 1.807) is 12.1 Å². The maximum atomic E-state index is 12.5. The Hall–Kier alpha value is -1.42. The molecule has 102 valence electrons. The Balaban J connectivity index is 2.29. The first-order chi connectivity index (χ1) is 9.07. The van der Waals surface area contributed by atoms with E-state index in [0.29, 0.717) is 25.3 Å². The predicted octanol–water partition coefficient (Wildman–Crippen LogP) is 1.36. The van der Waals surface area contributed by atoms with Gasteiger partial charge in [0.25, 0.3) is 0 Å². The van der Waals surface area contributed by atoms with Crippen LogP contribution in [0.4, 0.5) is 0 Å². The number of rotatable bonds is 3. The first kappa shape index (κ1) is 14.0. The number of hydrogen-bond acceptors (Lipinski definition) is 4. The van der Waals surface area contributed by atoms with Gasteiger partial charge in [-0.3, -0.25) is 0 Å². The molecule has 19 heavy (non-hydrogen) atoms. The van der Waals surface area contributed by atoms with E-state index >= 15 is 0 Å². The van der Waals surface area contributed by atoms with Gasteiger partial charge in [0.1, 0.15) is 0 Å². The molecule has 0 N–H and O–H groups in total. The lowest BCUT2D eigenvalue weighted by molar-refractivity contribution is -0.00277. The van der Waals surface area contributed by atoms with Crippen LogP contribution in [-0.4, -0.2) is 38.5 Å². The minimum absolute atomic E-state index is 0.0531. The minimum Gasteiger partial charge on any atom is -0.375 e. The number of nitrogens with zero attached hydrogens (tertiary/aromatic N) is 2. The molecule has 1 atom stereocenters. The molecule has 6 heteroatoms. The largest absolute Gasteiger partial charge is 0.375 e. The van der Waals surface area contributed by atoms with Crippen LogP contribution in [0.1, 0.15) is 18.9 Å². The van der Waals surface area contributed by atoms with Gasteiger partial charge in [0.15, 0.2) is 0 Å². The Morgan fingerprint density at radius 2 is 2.32 bits per heavy atom. The van der Waals surface area contributed by atoms with Crippen LogP contribution in [0.15, 0.2) is 29.2 Å². The summed E-state index contributed by atoms with van der Waals surface area (Å²) in [6.45, 7) is 3.11. The van der Waals surface area contributed by atoms with Crippen molar-refractivity contribution in [2.75, 3.05) is 19.7 Å². The molecular formula is C13H16N2O3S. The number of sulfonamides is 1. The summed E-state index contributed by atoms with van der Waals surface area (Å²) in [6, 6.07) is 8.06. The molecule has 1 aromatic carbocycles. The van der Waals surface area contributed by atoms with Gasteiger partial charge in [-0.15, -0.1) is 0 Å². The van der Waals surface area contributed by atoms with Crippen molar-refractivity contribution in [3.63, 3.8) is 0 Å². The number of ether oxygens (including phenoxy) is 1. The number of hydrogen-bond donors (Lipinski definition) is 0. The van der Waals surface area contributed by atoms with E-state index in [9.17, 15) is 8.42 Å². The molecule has 5 nitrogen and oxygen atoms in total. The van der Waals surface area contributed by atoms with Crippen molar-refractivity contribution in [3.8, 4) is 6.07 Å². The Morgan fingerprint density at radius 3 is 3.00 bits per heavy atom. The standard InChI is InChI=1S/C13H16N2O3S/c1-2-12-10-15(6-7-18-12)19(16,17)13-5-3-4-11(8-13)9-14/h3-5,8,12H,2,6-7,10H2,1H3. The zero-order chi connectivity index (χ0) is 13.9. The second-order valence-corrected chi connectivity index (χ2v) is 6.34. The second kappa shape index (κ2) is 5.70. The van der Waals surface area contributed by atoms with E-state index in [2.05, 4.69) is 0 Å². The average molecular weight is 280 g/mol. The van der Waals surface area contributed by atoms with Crippen LogP contribution in [-0.2, 0) is 14.8 Å². The van der Waals surface area contributed by atoms with Crippen LogP contribution in [0.5, 0.6) is 0 Å². The summed E-state index contributed by atoms with van der Waals surface area (Å²) in [7, 11) is -3.54. The Morgan fingerprint density at radius 1 is 1.53 bits per heavy atom. The van der Waals surface area contributed by atoms with Crippen LogP contribution < -0.4 is 0 Å². The van der Waals surface area contributed by atoms with Crippen molar-refractivity contribution in [3.05, 3.63) is 29.8 Å². The van der Waals surface area contributed by atoms with Crippen LogP contribution >= 0.6 is 0 Å². The lowest BCUT2D eigenvalue weighted by Gasteiger charge is -2.31. The SMILES string of the molecule is CCC1CN(S(=O)(=O)c2cccc(C#N)c2)CCO1. The molecule has 2 rings (SSSR count). The number of nitriles is 1. The molecule has 1 saturated heterocycles. The molecule has 1 fully saturated rings. The quantitative estimate of drug-likeness (QED) is 0.838. The average Bonchev–Trinajstić information content (AvgIpc) is 2.47. The van der Waals surface area contributed by atoms with Crippen LogP contribution in [0, 0.1) is 11.3 Å². The molecule has 1 aromatic rings. The molecule has 1 aliphatic heterocycles. The van der Waals surface area contributed by atoms with E-state index in [1.165, 1.54) is 16.4 Å². The van der Waals surface area contributed by atoms with Gasteiger partial charge in [-0.25, -0.2) is 8.42 Å². The Labute approximate surface area is 113 Å². The van der Waals surface area contributed by atoms with Gasteiger partial charge in [0.05, 0.1) is 29.2 Å². The molecule has 1 aliphatic rings. The molecule has 0 aliphatic carbocycles. The summed E-state index contributed by atoms with van der Waals surface area (Å²) < 4.78 is 31.9. The van der Waals surface area contributed by atoms with Gasteiger partial charge in [-0.05, 0) is 24.6 Å². The highest BCUT2D eigenvalue weighted by Gasteiger charge is 2.30. The molecule has 0 bridgehead atoms. The summed E-state index contributed by atoms with van der Waals surface area (Å²) in [5.74, 6) is 0. The van der Waals surface area contributed by atoms with Crippen LogP contribution in [0.3, 0.4) is 0 Å². The fourth-order valence-corrected chi connectivity index (χ4v) is 3.53. The highest BCUT2D eigenvalue weighted by atomic mass is 32.2. The molecular weight excluding hydrogens is 264 g/mol. The van der Waals surface area contributed by atoms with Gasteiger partial charge in [0.2, 0.25) is 10.0 Å². The number of morpholine rings is 1. The van der Waals surface area contributed by atoms with E-state index in [-0.39, 0.29) is 11.0 Å². The molecule has 0 radical (unpaired) electrons. The fourth-order valence-electron chi connectivity index (χ4n) is 2.03. The molecule has 0 amide bonds. The van der Waals surface area contributed by atoms with Crippen molar-refractivity contribution in [1.29, 1.82) is 5.26 Å². The molecule has 0 saturated carbocycles. The summed E-state index contributed by atoms with van der Waals surface area (Å²) in [5, 5.41) is 8.84. The molecule has 0 aromatic heterocycles. The van der Waals surface area contributed by atoms with Gasteiger partial charge in [0, 0.05) is 13.1 Å². The smallest absolute Gasteiger partial charge is 0.243 e.